The molecule has 0 aromatic carbocycles. The van der Waals surface area contributed by atoms with Gasteiger partial charge in [0.05, 0.1) is 6.54 Å². The molecule has 0 saturated carbocycles. The van der Waals surface area contributed by atoms with Crippen LogP contribution in [0.25, 0.3) is 0 Å². The van der Waals surface area contributed by atoms with Crippen molar-refractivity contribution in [2.75, 3.05) is 0 Å². The average molecular weight is 229 g/mol. The average Bonchev–Trinajstić information content (AvgIpc) is 2.70. The third-order valence-corrected chi connectivity index (χ3v) is 2.62. The molecule has 0 spiro atoms. The van der Waals surface area contributed by atoms with Crippen molar-refractivity contribution in [3.63, 3.8) is 0 Å². The van der Waals surface area contributed by atoms with E-state index in [0.29, 0.717) is 12.4 Å². The summed E-state index contributed by atoms with van der Waals surface area (Å²) in [5.74, 6) is 0.672. The number of rotatable bonds is 2. The van der Waals surface area contributed by atoms with Crippen molar-refractivity contribution in [1.82, 2.24) is 19.3 Å². The topological polar surface area (TPSA) is 76.5 Å². The zero-order valence-electron chi connectivity index (χ0n) is 9.58. The third-order valence-electron chi connectivity index (χ3n) is 2.62. The van der Waals surface area contributed by atoms with Crippen molar-refractivity contribution in [3.05, 3.63) is 45.9 Å². The molecule has 6 heteroatoms. The SMILES string of the molecule is Cc1ccc(C#N)c(=O)n1Cc1nncn1C. The minimum atomic E-state index is -0.296. The van der Waals surface area contributed by atoms with Crippen molar-refractivity contribution >= 4 is 0 Å². The van der Waals surface area contributed by atoms with Gasteiger partial charge in [0.1, 0.15) is 18.0 Å². The van der Waals surface area contributed by atoms with E-state index in [1.54, 1.807) is 17.0 Å². The predicted molar refractivity (Wildman–Crippen MR) is 60.3 cm³/mol. The number of nitrogens with zero attached hydrogens (tertiary/aromatic N) is 5. The quantitative estimate of drug-likeness (QED) is 0.737. The van der Waals surface area contributed by atoms with E-state index in [-0.39, 0.29) is 11.1 Å². The smallest absolute Gasteiger partial charge is 0.269 e. The molecule has 2 heterocycles. The molecular formula is C11H11N5O. The summed E-state index contributed by atoms with van der Waals surface area (Å²) in [7, 11) is 1.81. The van der Waals surface area contributed by atoms with Crippen LogP contribution >= 0.6 is 0 Å². The second-order valence-corrected chi connectivity index (χ2v) is 3.75. The van der Waals surface area contributed by atoms with Gasteiger partial charge in [-0.15, -0.1) is 10.2 Å². The first kappa shape index (κ1) is 11.1. The van der Waals surface area contributed by atoms with Gasteiger partial charge in [-0.1, -0.05) is 0 Å². The van der Waals surface area contributed by atoms with Gasteiger partial charge in [-0.2, -0.15) is 5.26 Å². The van der Waals surface area contributed by atoms with Crippen LogP contribution in [0.5, 0.6) is 0 Å². The van der Waals surface area contributed by atoms with E-state index in [1.807, 2.05) is 20.0 Å². The van der Waals surface area contributed by atoms with Crippen LogP contribution in [0.15, 0.2) is 23.3 Å². The molecule has 0 aliphatic heterocycles. The van der Waals surface area contributed by atoms with Crippen molar-refractivity contribution in [1.29, 1.82) is 5.26 Å². The van der Waals surface area contributed by atoms with Crippen LogP contribution in [0.4, 0.5) is 0 Å². The van der Waals surface area contributed by atoms with Crippen molar-refractivity contribution in [2.24, 2.45) is 7.05 Å². The Kier molecular flexibility index (Phi) is 2.75. The summed E-state index contributed by atoms with van der Waals surface area (Å²) in [6.45, 7) is 2.13. The fourth-order valence-electron chi connectivity index (χ4n) is 1.54. The lowest BCUT2D eigenvalue weighted by atomic mass is 10.2. The maximum Gasteiger partial charge on any atom is 0.269 e. The molecule has 0 fully saturated rings. The van der Waals surface area contributed by atoms with E-state index in [2.05, 4.69) is 10.2 Å². The summed E-state index contributed by atoms with van der Waals surface area (Å²) in [5.41, 5.74) is 0.630. The molecular weight excluding hydrogens is 218 g/mol. The molecule has 0 amide bonds. The minimum absolute atomic E-state index is 0.137. The van der Waals surface area contributed by atoms with Gasteiger partial charge in [-0.05, 0) is 19.1 Å². The van der Waals surface area contributed by atoms with Gasteiger partial charge in [0.15, 0.2) is 5.82 Å². The Morgan fingerprint density at radius 3 is 2.82 bits per heavy atom. The molecule has 17 heavy (non-hydrogen) atoms. The van der Waals surface area contributed by atoms with E-state index >= 15 is 0 Å². The van der Waals surface area contributed by atoms with Crippen LogP contribution in [0.3, 0.4) is 0 Å². The molecule has 0 radical (unpaired) electrons. The molecule has 2 aromatic heterocycles. The molecule has 0 N–H and O–H groups in total. The van der Waals surface area contributed by atoms with Gasteiger partial charge >= 0.3 is 0 Å². The summed E-state index contributed by atoms with van der Waals surface area (Å²) in [6, 6.07) is 5.16. The number of aromatic nitrogens is 4. The highest BCUT2D eigenvalue weighted by molar-refractivity contribution is 5.27. The first-order chi connectivity index (χ1) is 8.13. The van der Waals surface area contributed by atoms with E-state index in [9.17, 15) is 4.79 Å². The fraction of sp³-hybridized carbons (Fsp3) is 0.273. The van der Waals surface area contributed by atoms with Gasteiger partial charge in [-0.3, -0.25) is 4.79 Å². The van der Waals surface area contributed by atoms with Crippen LogP contribution in [0, 0.1) is 18.3 Å². The Morgan fingerprint density at radius 2 is 2.24 bits per heavy atom. The molecule has 6 nitrogen and oxygen atoms in total. The summed E-state index contributed by atoms with van der Waals surface area (Å²) in [4.78, 5) is 11.9. The lowest BCUT2D eigenvalue weighted by Gasteiger charge is -2.09. The maximum absolute atomic E-state index is 11.9. The number of pyridine rings is 1. The van der Waals surface area contributed by atoms with E-state index in [4.69, 9.17) is 5.26 Å². The van der Waals surface area contributed by atoms with Crippen molar-refractivity contribution in [2.45, 2.75) is 13.5 Å². The number of hydrogen-bond donors (Lipinski definition) is 0. The standard InChI is InChI=1S/C11H11N5O/c1-8-3-4-9(5-12)11(17)16(8)6-10-14-13-7-15(10)2/h3-4,7H,6H2,1-2H3. The van der Waals surface area contributed by atoms with E-state index in [1.165, 1.54) is 10.6 Å². The molecule has 0 bridgehead atoms. The third kappa shape index (κ3) is 1.95. The number of hydrogen-bond acceptors (Lipinski definition) is 4. The summed E-state index contributed by atoms with van der Waals surface area (Å²) in [5, 5.41) is 16.5. The molecule has 0 aliphatic carbocycles. The largest absolute Gasteiger partial charge is 0.319 e. The molecule has 2 rings (SSSR count). The van der Waals surface area contributed by atoms with Gasteiger partial charge < -0.3 is 9.13 Å². The normalized spacial score (nSPS) is 10.2. The molecule has 2 aromatic rings. The molecule has 0 unspecified atom stereocenters. The van der Waals surface area contributed by atoms with Crippen LogP contribution in [-0.2, 0) is 13.6 Å². The Balaban J connectivity index is 2.50. The maximum atomic E-state index is 11.9. The Hall–Kier alpha value is -2.42. The van der Waals surface area contributed by atoms with Gasteiger partial charge in [-0.25, -0.2) is 0 Å². The highest BCUT2D eigenvalue weighted by Gasteiger charge is 2.09. The summed E-state index contributed by atoms with van der Waals surface area (Å²) >= 11 is 0. The van der Waals surface area contributed by atoms with Gasteiger partial charge in [0.2, 0.25) is 0 Å². The van der Waals surface area contributed by atoms with Crippen LogP contribution in [0.2, 0.25) is 0 Å². The zero-order valence-corrected chi connectivity index (χ0v) is 9.58. The first-order valence-electron chi connectivity index (χ1n) is 5.07. The number of nitriles is 1. The molecule has 0 aliphatic rings. The lowest BCUT2D eigenvalue weighted by molar-refractivity contribution is 0.658. The van der Waals surface area contributed by atoms with Crippen LogP contribution < -0.4 is 5.56 Å². The molecule has 0 atom stereocenters. The fourth-order valence-corrected chi connectivity index (χ4v) is 1.54. The monoisotopic (exact) mass is 229 g/mol. The highest BCUT2D eigenvalue weighted by Crippen LogP contribution is 2.01. The second kappa shape index (κ2) is 4.22. The summed E-state index contributed by atoms with van der Waals surface area (Å²) in [6.07, 6.45) is 1.57. The van der Waals surface area contributed by atoms with Crippen LogP contribution in [-0.4, -0.2) is 19.3 Å². The first-order valence-corrected chi connectivity index (χ1v) is 5.07. The van der Waals surface area contributed by atoms with E-state index < -0.39 is 0 Å². The Morgan fingerprint density at radius 1 is 1.47 bits per heavy atom. The highest BCUT2D eigenvalue weighted by atomic mass is 16.1. The van der Waals surface area contributed by atoms with Gasteiger partial charge in [0, 0.05) is 12.7 Å². The Labute approximate surface area is 97.8 Å². The number of aryl methyl sites for hydroxylation is 2. The molecule has 0 saturated heterocycles. The van der Waals surface area contributed by atoms with E-state index in [0.717, 1.165) is 5.69 Å². The van der Waals surface area contributed by atoms with Crippen LogP contribution in [0.1, 0.15) is 17.1 Å². The lowest BCUT2D eigenvalue weighted by Crippen LogP contribution is -2.26. The minimum Gasteiger partial charge on any atom is -0.319 e. The molecule has 86 valence electrons. The van der Waals surface area contributed by atoms with Gasteiger partial charge in [0.25, 0.3) is 5.56 Å². The summed E-state index contributed by atoms with van der Waals surface area (Å²) < 4.78 is 3.26. The van der Waals surface area contributed by atoms with Crippen molar-refractivity contribution in [3.8, 4) is 6.07 Å². The van der Waals surface area contributed by atoms with Crippen molar-refractivity contribution < 1.29 is 0 Å². The second-order valence-electron chi connectivity index (χ2n) is 3.75. The zero-order chi connectivity index (χ0) is 12.4. The Bertz CT molecular complexity index is 647. The predicted octanol–water partition coefficient (Wildman–Crippen LogP) is 0.205.